The normalized spacial score (nSPS) is 11.5. The summed E-state index contributed by atoms with van der Waals surface area (Å²) in [5, 5.41) is 12.2. The molecule has 0 saturated carbocycles. The molecule has 2 aromatic carbocycles. The van der Waals surface area contributed by atoms with Gasteiger partial charge in [0.1, 0.15) is 10.4 Å². The average Bonchev–Trinajstić information content (AvgIpc) is 3.48. The molecule has 0 amide bonds. The van der Waals surface area contributed by atoms with E-state index in [1.165, 1.54) is 11.3 Å². The van der Waals surface area contributed by atoms with Gasteiger partial charge in [0.05, 0.1) is 18.7 Å². The number of rotatable bonds is 8. The second kappa shape index (κ2) is 9.59. The summed E-state index contributed by atoms with van der Waals surface area (Å²) in [6.45, 7) is 3.16. The van der Waals surface area contributed by atoms with E-state index in [0.717, 1.165) is 39.0 Å². The Bertz CT molecular complexity index is 1470. The molecule has 5 rings (SSSR count). The van der Waals surface area contributed by atoms with Gasteiger partial charge >= 0.3 is 0 Å². The molecule has 0 aliphatic rings. The number of hydrogen-bond donors (Lipinski definition) is 0. The van der Waals surface area contributed by atoms with Gasteiger partial charge in [-0.05, 0) is 47.2 Å². The van der Waals surface area contributed by atoms with Crippen LogP contribution >= 0.6 is 34.7 Å². The number of hydrogen-bond acceptors (Lipinski definition) is 6. The van der Waals surface area contributed by atoms with E-state index in [-0.39, 0.29) is 5.56 Å². The van der Waals surface area contributed by atoms with Gasteiger partial charge in [-0.1, -0.05) is 60.6 Å². The fourth-order valence-electron chi connectivity index (χ4n) is 3.59. The van der Waals surface area contributed by atoms with Crippen molar-refractivity contribution in [2.45, 2.75) is 30.8 Å². The Morgan fingerprint density at radius 3 is 2.70 bits per heavy atom. The standard InChI is InChI=1S/C24H21ClN4O2S2/c1-2-12-31-18-9-7-16(8-10-18)14-28-22(30)21-20(11-13-32-21)29-23(28)26-27-24(29)33-15-17-5-3-4-6-19(17)25/h3-11,13H,2,12,14-15H2,1H3. The van der Waals surface area contributed by atoms with Gasteiger partial charge in [-0.3, -0.25) is 13.8 Å². The van der Waals surface area contributed by atoms with Crippen molar-refractivity contribution in [1.82, 2.24) is 19.2 Å². The van der Waals surface area contributed by atoms with Crippen molar-refractivity contribution in [3.05, 3.63) is 86.5 Å². The van der Waals surface area contributed by atoms with Crippen LogP contribution in [-0.4, -0.2) is 25.8 Å². The highest BCUT2D eigenvalue weighted by molar-refractivity contribution is 7.98. The molecule has 33 heavy (non-hydrogen) atoms. The van der Waals surface area contributed by atoms with Gasteiger partial charge in [0.2, 0.25) is 5.78 Å². The average molecular weight is 497 g/mol. The van der Waals surface area contributed by atoms with E-state index in [1.54, 1.807) is 16.3 Å². The summed E-state index contributed by atoms with van der Waals surface area (Å²) >= 11 is 9.31. The monoisotopic (exact) mass is 496 g/mol. The molecule has 3 heterocycles. The minimum atomic E-state index is -0.0612. The Morgan fingerprint density at radius 2 is 1.91 bits per heavy atom. The number of thioether (sulfide) groups is 1. The maximum Gasteiger partial charge on any atom is 0.273 e. The molecular formula is C24H21ClN4O2S2. The van der Waals surface area contributed by atoms with E-state index >= 15 is 0 Å². The summed E-state index contributed by atoms with van der Waals surface area (Å²) in [7, 11) is 0. The lowest BCUT2D eigenvalue weighted by Crippen LogP contribution is -2.23. The lowest BCUT2D eigenvalue weighted by atomic mass is 10.2. The predicted octanol–water partition coefficient (Wildman–Crippen LogP) is 5.89. The maximum absolute atomic E-state index is 13.3. The smallest absolute Gasteiger partial charge is 0.273 e. The number of fused-ring (bicyclic) bond motifs is 3. The van der Waals surface area contributed by atoms with Gasteiger partial charge in [-0.15, -0.1) is 21.5 Å². The summed E-state index contributed by atoms with van der Waals surface area (Å²) in [6.07, 6.45) is 0.958. The molecule has 0 N–H and O–H groups in total. The molecule has 0 unspecified atom stereocenters. The van der Waals surface area contributed by atoms with Crippen molar-refractivity contribution in [2.75, 3.05) is 6.61 Å². The van der Waals surface area contributed by atoms with Gasteiger partial charge in [0.25, 0.3) is 5.56 Å². The SMILES string of the molecule is CCCOc1ccc(Cn2c(=O)c3sccc3n3c(SCc4ccccc4Cl)nnc23)cc1. The van der Waals surface area contributed by atoms with Crippen molar-refractivity contribution in [3.8, 4) is 5.75 Å². The van der Waals surface area contributed by atoms with Crippen molar-refractivity contribution in [1.29, 1.82) is 0 Å². The molecule has 168 valence electrons. The molecule has 0 saturated heterocycles. The molecule has 0 spiro atoms. The summed E-state index contributed by atoms with van der Waals surface area (Å²) in [5.74, 6) is 2.01. The fourth-order valence-corrected chi connectivity index (χ4v) is 5.64. The quantitative estimate of drug-likeness (QED) is 0.251. The Balaban J connectivity index is 1.52. The molecule has 0 aliphatic carbocycles. The molecule has 0 aliphatic heterocycles. The second-order valence-corrected chi connectivity index (χ2v) is 9.78. The van der Waals surface area contributed by atoms with Gasteiger partial charge < -0.3 is 4.74 Å². The van der Waals surface area contributed by atoms with E-state index in [1.807, 2.05) is 64.4 Å². The number of aromatic nitrogens is 4. The van der Waals surface area contributed by atoms with Crippen LogP contribution in [0.4, 0.5) is 0 Å². The van der Waals surface area contributed by atoms with Crippen molar-refractivity contribution in [2.24, 2.45) is 0 Å². The van der Waals surface area contributed by atoms with E-state index < -0.39 is 0 Å². The Kier molecular flexibility index (Phi) is 6.39. The van der Waals surface area contributed by atoms with Crippen molar-refractivity contribution < 1.29 is 4.74 Å². The van der Waals surface area contributed by atoms with E-state index in [2.05, 4.69) is 17.1 Å². The van der Waals surface area contributed by atoms with Crippen LogP contribution in [0.2, 0.25) is 5.02 Å². The van der Waals surface area contributed by atoms with E-state index in [0.29, 0.717) is 29.4 Å². The maximum atomic E-state index is 13.3. The minimum absolute atomic E-state index is 0.0612. The molecule has 0 fully saturated rings. The zero-order chi connectivity index (χ0) is 22.8. The van der Waals surface area contributed by atoms with Gasteiger partial charge in [0, 0.05) is 10.8 Å². The van der Waals surface area contributed by atoms with Gasteiger partial charge in [0.15, 0.2) is 5.16 Å². The number of benzene rings is 2. The Labute approximate surface area is 203 Å². The summed E-state index contributed by atoms with van der Waals surface area (Å²) < 4.78 is 10.0. The molecule has 0 bridgehead atoms. The minimum Gasteiger partial charge on any atom is -0.494 e. The third kappa shape index (κ3) is 4.38. The van der Waals surface area contributed by atoms with Crippen LogP contribution in [0.25, 0.3) is 16.0 Å². The van der Waals surface area contributed by atoms with Crippen LogP contribution in [0.3, 0.4) is 0 Å². The first-order chi connectivity index (χ1) is 16.2. The zero-order valence-corrected chi connectivity index (χ0v) is 20.3. The highest BCUT2D eigenvalue weighted by Gasteiger charge is 2.18. The van der Waals surface area contributed by atoms with Crippen molar-refractivity contribution in [3.63, 3.8) is 0 Å². The topological polar surface area (TPSA) is 61.4 Å². The largest absolute Gasteiger partial charge is 0.494 e. The fraction of sp³-hybridized carbons (Fsp3) is 0.208. The lowest BCUT2D eigenvalue weighted by Gasteiger charge is -2.10. The van der Waals surface area contributed by atoms with Crippen LogP contribution in [0.15, 0.2) is 69.9 Å². The van der Waals surface area contributed by atoms with E-state index in [9.17, 15) is 4.79 Å². The summed E-state index contributed by atoms with van der Waals surface area (Å²) in [5.41, 5.74) is 2.79. The third-order valence-electron chi connectivity index (χ3n) is 5.23. The molecular weight excluding hydrogens is 476 g/mol. The highest BCUT2D eigenvalue weighted by atomic mass is 35.5. The first kappa shape index (κ1) is 22.0. The van der Waals surface area contributed by atoms with Gasteiger partial charge in [-0.2, -0.15) is 0 Å². The number of thiophene rings is 1. The predicted molar refractivity (Wildman–Crippen MR) is 135 cm³/mol. The Hall–Kier alpha value is -2.81. The van der Waals surface area contributed by atoms with Crippen LogP contribution in [0, 0.1) is 0 Å². The molecule has 0 atom stereocenters. The highest BCUT2D eigenvalue weighted by Crippen LogP contribution is 2.29. The van der Waals surface area contributed by atoms with Crippen LogP contribution in [0.5, 0.6) is 5.75 Å². The van der Waals surface area contributed by atoms with Crippen LogP contribution in [0.1, 0.15) is 24.5 Å². The van der Waals surface area contributed by atoms with Crippen molar-refractivity contribution >= 4 is 50.7 Å². The molecule has 9 heteroatoms. The van der Waals surface area contributed by atoms with Gasteiger partial charge in [-0.25, -0.2) is 0 Å². The Morgan fingerprint density at radius 1 is 1.09 bits per heavy atom. The number of ether oxygens (including phenoxy) is 1. The number of nitrogens with zero attached hydrogens (tertiary/aromatic N) is 4. The molecule has 6 nitrogen and oxygen atoms in total. The van der Waals surface area contributed by atoms with Crippen LogP contribution < -0.4 is 10.3 Å². The zero-order valence-electron chi connectivity index (χ0n) is 17.9. The first-order valence-corrected chi connectivity index (χ1v) is 12.8. The third-order valence-corrected chi connectivity index (χ3v) is 7.47. The first-order valence-electron chi connectivity index (χ1n) is 10.6. The van der Waals surface area contributed by atoms with E-state index in [4.69, 9.17) is 16.3 Å². The second-order valence-electron chi connectivity index (χ2n) is 7.52. The molecule has 3 aromatic heterocycles. The lowest BCUT2D eigenvalue weighted by molar-refractivity contribution is 0.317. The number of halogens is 1. The summed E-state index contributed by atoms with van der Waals surface area (Å²) in [4.78, 5) is 13.3. The van der Waals surface area contributed by atoms with Crippen LogP contribution in [-0.2, 0) is 12.3 Å². The molecule has 5 aromatic rings. The molecule has 0 radical (unpaired) electrons. The summed E-state index contributed by atoms with van der Waals surface area (Å²) in [6, 6.07) is 17.6.